The molecular formula is C12H12BrN3O2. The number of hydrogen-bond donors (Lipinski definition) is 2. The van der Waals surface area contributed by atoms with E-state index in [0.29, 0.717) is 5.69 Å². The van der Waals surface area contributed by atoms with Gasteiger partial charge in [-0.25, -0.2) is 9.78 Å². The maximum atomic E-state index is 11.3. The van der Waals surface area contributed by atoms with Gasteiger partial charge < -0.3 is 15.0 Å². The summed E-state index contributed by atoms with van der Waals surface area (Å²) in [6.45, 7) is 0. The van der Waals surface area contributed by atoms with Crippen LogP contribution in [-0.2, 0) is 11.8 Å². The highest BCUT2D eigenvalue weighted by Gasteiger charge is 2.23. The van der Waals surface area contributed by atoms with Crippen molar-refractivity contribution in [2.75, 3.05) is 5.32 Å². The minimum Gasteiger partial charge on any atom is -0.479 e. The predicted octanol–water partition coefficient (Wildman–Crippen LogP) is 2.42. The van der Waals surface area contributed by atoms with Gasteiger partial charge in [0.25, 0.3) is 0 Å². The Bertz CT molecular complexity index is 568. The Labute approximate surface area is 113 Å². The zero-order valence-corrected chi connectivity index (χ0v) is 11.3. The molecule has 0 aliphatic heterocycles. The molecule has 1 atom stereocenters. The smallest absolute Gasteiger partial charge is 0.332 e. The summed E-state index contributed by atoms with van der Waals surface area (Å²) >= 11 is 3.38. The molecule has 1 aromatic carbocycles. The van der Waals surface area contributed by atoms with E-state index in [0.717, 1.165) is 10.2 Å². The lowest BCUT2D eigenvalue weighted by atomic mass is 10.2. The van der Waals surface area contributed by atoms with Gasteiger partial charge in [-0.05, 0) is 28.1 Å². The number of aromatic nitrogens is 2. The average molecular weight is 310 g/mol. The molecule has 18 heavy (non-hydrogen) atoms. The molecule has 94 valence electrons. The molecule has 2 aromatic rings. The van der Waals surface area contributed by atoms with Crippen molar-refractivity contribution in [2.45, 2.75) is 6.04 Å². The quantitative estimate of drug-likeness (QED) is 0.910. The first kappa shape index (κ1) is 12.6. The Morgan fingerprint density at radius 2 is 2.22 bits per heavy atom. The number of para-hydroxylation sites is 1. The zero-order valence-electron chi connectivity index (χ0n) is 9.67. The summed E-state index contributed by atoms with van der Waals surface area (Å²) in [7, 11) is 1.76. The van der Waals surface area contributed by atoms with Gasteiger partial charge >= 0.3 is 5.97 Å². The third-order valence-electron chi connectivity index (χ3n) is 2.57. The predicted molar refractivity (Wildman–Crippen MR) is 71.3 cm³/mol. The summed E-state index contributed by atoms with van der Waals surface area (Å²) < 4.78 is 2.50. The van der Waals surface area contributed by atoms with Gasteiger partial charge in [0.15, 0.2) is 6.04 Å². The van der Waals surface area contributed by atoms with E-state index < -0.39 is 12.0 Å². The van der Waals surface area contributed by atoms with Crippen molar-refractivity contribution in [3.63, 3.8) is 0 Å². The number of benzene rings is 1. The highest BCUT2D eigenvalue weighted by atomic mass is 79.9. The fourth-order valence-corrected chi connectivity index (χ4v) is 2.04. The van der Waals surface area contributed by atoms with E-state index >= 15 is 0 Å². The van der Waals surface area contributed by atoms with Crippen LogP contribution in [0.25, 0.3) is 0 Å². The van der Waals surface area contributed by atoms with Crippen LogP contribution >= 0.6 is 15.9 Å². The summed E-state index contributed by atoms with van der Waals surface area (Å²) in [5.74, 6) is -0.950. The molecule has 0 saturated carbocycles. The number of nitrogens with one attached hydrogen (secondary N) is 1. The number of hydrogen-bond acceptors (Lipinski definition) is 3. The first-order valence-corrected chi connectivity index (χ1v) is 6.09. The summed E-state index contributed by atoms with van der Waals surface area (Å²) in [6, 6.07) is 6.54. The average Bonchev–Trinajstić information content (AvgIpc) is 2.74. The summed E-state index contributed by atoms with van der Waals surface area (Å²) in [5, 5.41) is 12.3. The Balaban J connectivity index is 2.31. The van der Waals surface area contributed by atoms with Gasteiger partial charge in [0.1, 0.15) is 0 Å². The first-order chi connectivity index (χ1) is 8.59. The SMILES string of the molecule is Cn1cncc1C(Nc1ccccc1Br)C(=O)O. The number of carboxylic acids is 1. The van der Waals surface area contributed by atoms with Crippen molar-refractivity contribution in [3.8, 4) is 0 Å². The van der Waals surface area contributed by atoms with Crippen LogP contribution in [0.3, 0.4) is 0 Å². The molecule has 1 unspecified atom stereocenters. The number of carboxylic acid groups (broad SMARTS) is 1. The maximum absolute atomic E-state index is 11.3. The molecule has 5 nitrogen and oxygen atoms in total. The molecule has 0 bridgehead atoms. The van der Waals surface area contributed by atoms with Crippen LogP contribution in [0.5, 0.6) is 0 Å². The molecule has 0 aliphatic carbocycles. The van der Waals surface area contributed by atoms with Crippen LogP contribution in [0.2, 0.25) is 0 Å². The van der Waals surface area contributed by atoms with Gasteiger partial charge in [-0.2, -0.15) is 0 Å². The second-order valence-electron chi connectivity index (χ2n) is 3.82. The van der Waals surface area contributed by atoms with Crippen molar-refractivity contribution in [3.05, 3.63) is 47.0 Å². The van der Waals surface area contributed by atoms with Crippen molar-refractivity contribution < 1.29 is 9.90 Å². The molecule has 1 aromatic heterocycles. The lowest BCUT2D eigenvalue weighted by molar-refractivity contribution is -0.138. The van der Waals surface area contributed by atoms with Crippen molar-refractivity contribution in [2.24, 2.45) is 7.05 Å². The van der Waals surface area contributed by atoms with Gasteiger partial charge in [0.05, 0.1) is 18.2 Å². The van der Waals surface area contributed by atoms with Crippen LogP contribution in [0.1, 0.15) is 11.7 Å². The highest BCUT2D eigenvalue weighted by molar-refractivity contribution is 9.10. The summed E-state index contributed by atoms with van der Waals surface area (Å²) in [5.41, 5.74) is 1.32. The van der Waals surface area contributed by atoms with Crippen molar-refractivity contribution in [1.82, 2.24) is 9.55 Å². The third kappa shape index (κ3) is 2.53. The maximum Gasteiger partial charge on any atom is 0.332 e. The van der Waals surface area contributed by atoms with Gasteiger partial charge in [0, 0.05) is 17.2 Å². The zero-order chi connectivity index (χ0) is 13.1. The fraction of sp³-hybridized carbons (Fsp3) is 0.167. The van der Waals surface area contributed by atoms with Crippen LogP contribution in [0.4, 0.5) is 5.69 Å². The molecule has 2 N–H and O–H groups in total. The minimum absolute atomic E-state index is 0.596. The van der Waals surface area contributed by atoms with E-state index in [1.54, 1.807) is 24.1 Å². The number of anilines is 1. The van der Waals surface area contributed by atoms with Crippen molar-refractivity contribution >= 4 is 27.6 Å². The number of aliphatic carboxylic acids is 1. The van der Waals surface area contributed by atoms with Crippen molar-refractivity contribution in [1.29, 1.82) is 0 Å². The number of nitrogens with zero attached hydrogens (tertiary/aromatic N) is 2. The van der Waals surface area contributed by atoms with Gasteiger partial charge in [0.2, 0.25) is 0 Å². The summed E-state index contributed by atoms with van der Waals surface area (Å²) in [4.78, 5) is 15.3. The van der Waals surface area contributed by atoms with Gasteiger partial charge in [-0.3, -0.25) is 0 Å². The van der Waals surface area contributed by atoms with E-state index in [1.807, 2.05) is 24.3 Å². The van der Waals surface area contributed by atoms with Crippen LogP contribution in [0, 0.1) is 0 Å². The number of imidazole rings is 1. The monoisotopic (exact) mass is 309 g/mol. The third-order valence-corrected chi connectivity index (χ3v) is 3.26. The molecule has 1 heterocycles. The molecule has 0 saturated heterocycles. The topological polar surface area (TPSA) is 67.2 Å². The molecule has 0 fully saturated rings. The summed E-state index contributed by atoms with van der Waals surface area (Å²) in [6.07, 6.45) is 3.12. The molecule has 0 radical (unpaired) electrons. The molecule has 2 rings (SSSR count). The molecule has 0 aliphatic rings. The second kappa shape index (κ2) is 5.22. The Kier molecular flexibility index (Phi) is 3.66. The largest absolute Gasteiger partial charge is 0.479 e. The van der Waals surface area contributed by atoms with Crippen LogP contribution in [0.15, 0.2) is 41.3 Å². The minimum atomic E-state index is -0.950. The second-order valence-corrected chi connectivity index (χ2v) is 4.68. The highest BCUT2D eigenvalue weighted by Crippen LogP contribution is 2.26. The van der Waals surface area contributed by atoms with Gasteiger partial charge in [-0.15, -0.1) is 0 Å². The molecule has 6 heteroatoms. The van der Waals surface area contributed by atoms with E-state index in [4.69, 9.17) is 0 Å². The first-order valence-electron chi connectivity index (χ1n) is 5.29. The van der Waals surface area contributed by atoms with E-state index in [-0.39, 0.29) is 0 Å². The van der Waals surface area contributed by atoms with E-state index in [2.05, 4.69) is 26.2 Å². The number of rotatable bonds is 4. The Morgan fingerprint density at radius 3 is 2.78 bits per heavy atom. The standard InChI is InChI=1S/C12H12BrN3O2/c1-16-7-14-6-10(16)11(12(17)18)15-9-5-3-2-4-8(9)13/h2-7,11,15H,1H3,(H,17,18). The fourth-order valence-electron chi connectivity index (χ4n) is 1.64. The lowest BCUT2D eigenvalue weighted by Gasteiger charge is -2.17. The Morgan fingerprint density at radius 1 is 1.50 bits per heavy atom. The van der Waals surface area contributed by atoms with E-state index in [1.165, 1.54) is 0 Å². The van der Waals surface area contributed by atoms with Crippen LogP contribution < -0.4 is 5.32 Å². The lowest BCUT2D eigenvalue weighted by Crippen LogP contribution is -2.22. The number of aryl methyl sites for hydroxylation is 1. The Hall–Kier alpha value is -1.82. The molecular weight excluding hydrogens is 298 g/mol. The number of halogens is 1. The number of carbonyl (C=O) groups is 1. The van der Waals surface area contributed by atoms with Gasteiger partial charge in [-0.1, -0.05) is 12.1 Å². The molecule has 0 amide bonds. The van der Waals surface area contributed by atoms with Crippen LogP contribution in [-0.4, -0.2) is 20.6 Å². The normalized spacial score (nSPS) is 12.1. The van der Waals surface area contributed by atoms with E-state index in [9.17, 15) is 9.90 Å². The molecule has 0 spiro atoms.